The second-order valence-corrected chi connectivity index (χ2v) is 6.57. The highest BCUT2D eigenvalue weighted by Gasteiger charge is 2.10. The van der Waals surface area contributed by atoms with Crippen molar-refractivity contribution in [2.24, 2.45) is 0 Å². The van der Waals surface area contributed by atoms with Crippen molar-refractivity contribution in [3.8, 4) is 11.5 Å². The van der Waals surface area contributed by atoms with Crippen molar-refractivity contribution in [2.45, 2.75) is 26.2 Å². The van der Waals surface area contributed by atoms with Crippen LogP contribution in [0.5, 0.6) is 11.5 Å². The van der Waals surface area contributed by atoms with Crippen molar-refractivity contribution >= 4 is 12.2 Å². The van der Waals surface area contributed by atoms with Gasteiger partial charge in [-0.15, -0.1) is 0 Å². The lowest BCUT2D eigenvalue weighted by molar-refractivity contribution is 0.263. The fourth-order valence-corrected chi connectivity index (χ4v) is 3.05. The van der Waals surface area contributed by atoms with E-state index in [0.29, 0.717) is 5.76 Å². The van der Waals surface area contributed by atoms with Crippen LogP contribution in [0.15, 0.2) is 39.5 Å². The zero-order chi connectivity index (χ0) is 18.4. The Balaban J connectivity index is 1.50. The Bertz CT molecular complexity index is 802. The molecule has 0 radical (unpaired) electrons. The van der Waals surface area contributed by atoms with Gasteiger partial charge in [0.15, 0.2) is 0 Å². The number of likely N-dealkylation sites (tertiary alicyclic amines) is 1. The fraction of sp³-hybridized carbons (Fsp3) is 0.381. The minimum atomic E-state index is -0.439. The molecule has 3 rings (SSSR count). The topological polar surface area (TPSA) is 62.9 Å². The van der Waals surface area contributed by atoms with E-state index in [4.69, 9.17) is 9.15 Å². The summed E-state index contributed by atoms with van der Waals surface area (Å²) in [6, 6.07) is 9.06. The Morgan fingerprint density at radius 3 is 2.62 bits per heavy atom. The highest BCUT2D eigenvalue weighted by Crippen LogP contribution is 2.17. The van der Waals surface area contributed by atoms with Gasteiger partial charge in [0.05, 0.1) is 6.61 Å². The summed E-state index contributed by atoms with van der Waals surface area (Å²) in [5.74, 6) is 1.14. The minimum absolute atomic E-state index is 0.217. The number of nitrogens with zero attached hydrogens (tertiary/aromatic N) is 1. The maximum absolute atomic E-state index is 11.6. The summed E-state index contributed by atoms with van der Waals surface area (Å²) in [6.45, 7) is 5.84. The Kier molecular flexibility index (Phi) is 6.12. The molecule has 1 aliphatic rings. The maximum atomic E-state index is 11.6. The Labute approximate surface area is 153 Å². The van der Waals surface area contributed by atoms with Crippen LogP contribution in [0.3, 0.4) is 0 Å². The van der Waals surface area contributed by atoms with Gasteiger partial charge in [-0.05, 0) is 63.0 Å². The lowest BCUT2D eigenvalue weighted by Crippen LogP contribution is -2.21. The molecule has 1 aromatic carbocycles. The molecule has 1 aromatic heterocycles. The zero-order valence-corrected chi connectivity index (χ0v) is 15.1. The third kappa shape index (κ3) is 4.99. The van der Waals surface area contributed by atoms with Gasteiger partial charge >= 0.3 is 0 Å². The minimum Gasteiger partial charge on any atom is -0.502 e. The standard InChI is InChI=1S/C21H25NO4/c1-16-21(24)20(23)15-19(26-16)10-7-17-5-8-18(9-6-17)25-14-4-13-22-11-2-3-12-22/h5-10,15,24H,2-4,11-14H2,1H3/b10-7+. The van der Waals surface area contributed by atoms with Crippen LogP contribution in [0, 0.1) is 6.92 Å². The third-order valence-electron chi connectivity index (χ3n) is 4.52. The van der Waals surface area contributed by atoms with Crippen molar-refractivity contribution in [1.82, 2.24) is 4.90 Å². The highest BCUT2D eigenvalue weighted by molar-refractivity contribution is 5.67. The summed E-state index contributed by atoms with van der Waals surface area (Å²) >= 11 is 0. The number of aromatic hydroxyl groups is 1. The van der Waals surface area contributed by atoms with Crippen molar-refractivity contribution in [2.75, 3.05) is 26.2 Å². The molecule has 0 unspecified atom stereocenters. The van der Waals surface area contributed by atoms with Gasteiger partial charge in [0.25, 0.3) is 0 Å². The summed E-state index contributed by atoms with van der Waals surface area (Å²) in [5, 5.41) is 9.45. The van der Waals surface area contributed by atoms with Crippen LogP contribution in [0.1, 0.15) is 36.3 Å². The van der Waals surface area contributed by atoms with Gasteiger partial charge in [0.2, 0.25) is 11.2 Å². The van der Waals surface area contributed by atoms with Crippen LogP contribution >= 0.6 is 0 Å². The molecule has 2 aromatic rings. The van der Waals surface area contributed by atoms with Crippen molar-refractivity contribution in [1.29, 1.82) is 0 Å². The van der Waals surface area contributed by atoms with Crippen LogP contribution < -0.4 is 10.2 Å². The molecule has 5 heteroatoms. The molecular formula is C21H25NO4. The predicted octanol–water partition coefficient (Wildman–Crippen LogP) is 3.69. The van der Waals surface area contributed by atoms with Crippen LogP contribution in [-0.2, 0) is 0 Å². The second kappa shape index (κ2) is 8.72. The number of benzene rings is 1. The van der Waals surface area contributed by atoms with Gasteiger partial charge in [-0.25, -0.2) is 0 Å². The predicted molar refractivity (Wildman–Crippen MR) is 103 cm³/mol. The average Bonchev–Trinajstić information content (AvgIpc) is 3.16. The molecule has 0 bridgehead atoms. The van der Waals surface area contributed by atoms with E-state index in [9.17, 15) is 9.90 Å². The number of ether oxygens (including phenoxy) is 1. The summed E-state index contributed by atoms with van der Waals surface area (Å²) in [5.41, 5.74) is 0.536. The molecule has 1 aliphatic heterocycles. The van der Waals surface area contributed by atoms with Gasteiger partial charge in [0, 0.05) is 12.6 Å². The Hall–Kier alpha value is -2.53. The number of aryl methyl sites for hydroxylation is 1. The van der Waals surface area contributed by atoms with E-state index in [1.54, 1.807) is 13.0 Å². The second-order valence-electron chi connectivity index (χ2n) is 6.57. The molecule has 26 heavy (non-hydrogen) atoms. The third-order valence-corrected chi connectivity index (χ3v) is 4.52. The summed E-state index contributed by atoms with van der Waals surface area (Å²) in [6.07, 6.45) is 7.25. The first-order valence-electron chi connectivity index (χ1n) is 9.09. The largest absolute Gasteiger partial charge is 0.502 e. The summed E-state index contributed by atoms with van der Waals surface area (Å²) < 4.78 is 11.2. The van der Waals surface area contributed by atoms with Crippen LogP contribution in [0.4, 0.5) is 0 Å². The van der Waals surface area contributed by atoms with E-state index < -0.39 is 5.43 Å². The van der Waals surface area contributed by atoms with Gasteiger partial charge in [-0.3, -0.25) is 4.79 Å². The van der Waals surface area contributed by atoms with Crippen LogP contribution in [0.25, 0.3) is 12.2 Å². The average molecular weight is 355 g/mol. The molecule has 138 valence electrons. The van der Waals surface area contributed by atoms with Gasteiger partial charge in [0.1, 0.15) is 17.3 Å². The van der Waals surface area contributed by atoms with E-state index in [1.807, 2.05) is 30.3 Å². The molecular weight excluding hydrogens is 330 g/mol. The van der Waals surface area contributed by atoms with Crippen molar-refractivity contribution in [3.05, 3.63) is 57.6 Å². The smallest absolute Gasteiger partial charge is 0.227 e. The van der Waals surface area contributed by atoms with E-state index in [1.165, 1.54) is 32.0 Å². The normalized spacial score (nSPS) is 15.0. The summed E-state index contributed by atoms with van der Waals surface area (Å²) in [4.78, 5) is 14.0. The number of hydrogen-bond donors (Lipinski definition) is 1. The molecule has 0 saturated carbocycles. The number of rotatable bonds is 7. The first-order chi connectivity index (χ1) is 12.6. The lowest BCUT2D eigenvalue weighted by atomic mass is 10.2. The molecule has 0 aliphatic carbocycles. The molecule has 0 amide bonds. The van der Waals surface area contributed by atoms with E-state index in [-0.39, 0.29) is 11.5 Å². The quantitative estimate of drug-likeness (QED) is 0.768. The molecule has 0 spiro atoms. The number of hydrogen-bond acceptors (Lipinski definition) is 5. The lowest BCUT2D eigenvalue weighted by Gasteiger charge is -2.14. The molecule has 1 fully saturated rings. The monoisotopic (exact) mass is 355 g/mol. The van der Waals surface area contributed by atoms with Gasteiger partial charge in [-0.2, -0.15) is 0 Å². The zero-order valence-electron chi connectivity index (χ0n) is 15.1. The van der Waals surface area contributed by atoms with Gasteiger partial charge < -0.3 is 19.2 Å². The van der Waals surface area contributed by atoms with E-state index in [2.05, 4.69) is 4.90 Å². The summed E-state index contributed by atoms with van der Waals surface area (Å²) in [7, 11) is 0. The molecule has 1 N–H and O–H groups in total. The Morgan fingerprint density at radius 1 is 1.19 bits per heavy atom. The highest BCUT2D eigenvalue weighted by atomic mass is 16.5. The van der Waals surface area contributed by atoms with Gasteiger partial charge in [-0.1, -0.05) is 18.2 Å². The SMILES string of the molecule is Cc1oc(/C=C/c2ccc(OCCCN3CCCC3)cc2)cc(=O)c1O. The van der Waals surface area contributed by atoms with Crippen LogP contribution in [-0.4, -0.2) is 36.2 Å². The molecule has 2 heterocycles. The fourth-order valence-electron chi connectivity index (χ4n) is 3.05. The Morgan fingerprint density at radius 2 is 1.92 bits per heavy atom. The maximum Gasteiger partial charge on any atom is 0.227 e. The van der Waals surface area contributed by atoms with E-state index in [0.717, 1.165) is 30.9 Å². The van der Waals surface area contributed by atoms with E-state index >= 15 is 0 Å². The van der Waals surface area contributed by atoms with Crippen LogP contribution in [0.2, 0.25) is 0 Å². The molecule has 1 saturated heterocycles. The first kappa shape index (κ1) is 18.3. The van der Waals surface area contributed by atoms with Crippen molar-refractivity contribution < 1.29 is 14.3 Å². The molecule has 0 atom stereocenters. The van der Waals surface area contributed by atoms with Crippen molar-refractivity contribution in [3.63, 3.8) is 0 Å². The first-order valence-corrected chi connectivity index (χ1v) is 9.09. The molecule has 5 nitrogen and oxygen atoms in total.